The Balaban J connectivity index is 1.45. The van der Waals surface area contributed by atoms with Crippen LogP contribution in [0.4, 0.5) is 0 Å². The third-order valence-electron chi connectivity index (χ3n) is 4.19. The molecule has 0 fully saturated rings. The number of amides is 1. The molecule has 0 atom stereocenters. The number of carbonyl (C=O) groups is 2. The fourth-order valence-electron chi connectivity index (χ4n) is 2.93. The lowest BCUT2D eigenvalue weighted by molar-refractivity contribution is 0.0472. The zero-order chi connectivity index (χ0) is 18.3. The molecule has 26 heavy (non-hydrogen) atoms. The van der Waals surface area contributed by atoms with Crippen LogP contribution in [-0.2, 0) is 14.8 Å². The van der Waals surface area contributed by atoms with Gasteiger partial charge in [-0.2, -0.15) is 0 Å². The van der Waals surface area contributed by atoms with Crippen LogP contribution in [0.3, 0.4) is 0 Å². The Bertz CT molecular complexity index is 1100. The number of fused-ring (bicyclic) bond motifs is 2. The van der Waals surface area contributed by atoms with Crippen molar-refractivity contribution in [2.24, 2.45) is 0 Å². The third kappa shape index (κ3) is 2.55. The van der Waals surface area contributed by atoms with Crippen LogP contribution in [0.1, 0.15) is 20.8 Å². The summed E-state index contributed by atoms with van der Waals surface area (Å²) in [5.74, 6) is -1.22. The van der Waals surface area contributed by atoms with Gasteiger partial charge in [0, 0.05) is 10.9 Å². The number of carbonyl (C=O) groups excluding carboxylic acids is 2. The van der Waals surface area contributed by atoms with Crippen LogP contribution in [0.5, 0.6) is 0 Å². The van der Waals surface area contributed by atoms with Gasteiger partial charge >= 0.3 is 5.97 Å². The molecular weight excluding hydrogens is 356 g/mol. The zero-order valence-electron chi connectivity index (χ0n) is 13.5. The molecular formula is C18H14N2O5S. The SMILES string of the molecule is O=C(OCCN1C(=O)c2ccccc2S1(=O)=O)c1cc2ccccc2[nH]1. The van der Waals surface area contributed by atoms with E-state index in [9.17, 15) is 18.0 Å². The van der Waals surface area contributed by atoms with Crippen LogP contribution in [0.25, 0.3) is 10.9 Å². The second kappa shape index (κ2) is 5.99. The molecule has 1 aromatic heterocycles. The number of rotatable bonds is 4. The van der Waals surface area contributed by atoms with Crippen molar-refractivity contribution in [1.29, 1.82) is 0 Å². The fraction of sp³-hybridized carbons (Fsp3) is 0.111. The molecule has 0 saturated carbocycles. The van der Waals surface area contributed by atoms with Gasteiger partial charge in [-0.15, -0.1) is 0 Å². The number of aromatic amines is 1. The second-order valence-corrected chi connectivity index (χ2v) is 7.62. The van der Waals surface area contributed by atoms with E-state index in [0.29, 0.717) is 0 Å². The minimum Gasteiger partial charge on any atom is -0.459 e. The van der Waals surface area contributed by atoms with E-state index in [1.54, 1.807) is 18.2 Å². The number of sulfonamides is 1. The van der Waals surface area contributed by atoms with Crippen LogP contribution in [0, 0.1) is 0 Å². The second-order valence-electron chi connectivity index (χ2n) is 5.78. The molecule has 7 nitrogen and oxygen atoms in total. The van der Waals surface area contributed by atoms with Gasteiger partial charge in [0.25, 0.3) is 15.9 Å². The molecule has 2 aromatic carbocycles. The van der Waals surface area contributed by atoms with Crippen LogP contribution in [0.2, 0.25) is 0 Å². The monoisotopic (exact) mass is 370 g/mol. The summed E-state index contributed by atoms with van der Waals surface area (Å²) >= 11 is 0. The number of aromatic nitrogens is 1. The van der Waals surface area contributed by atoms with Gasteiger partial charge in [-0.3, -0.25) is 4.79 Å². The Morgan fingerprint density at radius 2 is 1.81 bits per heavy atom. The van der Waals surface area contributed by atoms with Crippen molar-refractivity contribution in [1.82, 2.24) is 9.29 Å². The summed E-state index contributed by atoms with van der Waals surface area (Å²) in [6.45, 7) is -0.463. The quantitative estimate of drug-likeness (QED) is 0.710. The van der Waals surface area contributed by atoms with Crippen molar-refractivity contribution in [3.8, 4) is 0 Å². The first-order chi connectivity index (χ1) is 12.5. The van der Waals surface area contributed by atoms with Gasteiger partial charge in [0.1, 0.15) is 17.2 Å². The van der Waals surface area contributed by atoms with E-state index in [-0.39, 0.29) is 29.3 Å². The molecule has 0 saturated heterocycles. The average Bonchev–Trinajstić information content (AvgIpc) is 3.15. The van der Waals surface area contributed by atoms with Gasteiger partial charge in [0.2, 0.25) is 0 Å². The maximum absolute atomic E-state index is 12.4. The summed E-state index contributed by atoms with van der Waals surface area (Å²) in [4.78, 5) is 27.3. The molecule has 4 rings (SSSR count). The van der Waals surface area contributed by atoms with Gasteiger partial charge in [-0.25, -0.2) is 17.5 Å². The Labute approximate surface area is 149 Å². The molecule has 0 unspecified atom stereocenters. The minimum atomic E-state index is -3.89. The lowest BCUT2D eigenvalue weighted by atomic mass is 10.2. The number of H-pyrrole nitrogens is 1. The molecule has 0 spiro atoms. The van der Waals surface area contributed by atoms with E-state index in [4.69, 9.17) is 4.74 Å². The smallest absolute Gasteiger partial charge is 0.354 e. The number of hydrogen-bond donors (Lipinski definition) is 1. The Hall–Kier alpha value is -3.13. The summed E-state index contributed by atoms with van der Waals surface area (Å²) in [7, 11) is -3.89. The van der Waals surface area contributed by atoms with E-state index in [2.05, 4.69) is 4.98 Å². The van der Waals surface area contributed by atoms with Crippen LogP contribution < -0.4 is 0 Å². The van der Waals surface area contributed by atoms with E-state index in [1.807, 2.05) is 24.3 Å². The highest BCUT2D eigenvalue weighted by atomic mass is 32.2. The minimum absolute atomic E-state index is 0.0213. The normalized spacial score (nSPS) is 15.2. The van der Waals surface area contributed by atoms with E-state index >= 15 is 0 Å². The zero-order valence-corrected chi connectivity index (χ0v) is 14.3. The lowest BCUT2D eigenvalue weighted by Gasteiger charge is -2.14. The number of esters is 1. The van der Waals surface area contributed by atoms with Crippen molar-refractivity contribution in [2.75, 3.05) is 13.2 Å². The average molecular weight is 370 g/mol. The molecule has 3 aromatic rings. The first kappa shape index (κ1) is 16.3. The molecule has 1 aliphatic rings. The molecule has 2 heterocycles. The number of para-hydroxylation sites is 1. The number of nitrogens with zero attached hydrogens (tertiary/aromatic N) is 1. The van der Waals surface area contributed by atoms with Gasteiger partial charge in [0.05, 0.1) is 12.1 Å². The van der Waals surface area contributed by atoms with Crippen molar-refractivity contribution in [3.05, 3.63) is 65.9 Å². The predicted octanol–water partition coefficient (Wildman–Crippen LogP) is 2.17. The first-order valence-electron chi connectivity index (χ1n) is 7.89. The molecule has 1 amide bonds. The van der Waals surface area contributed by atoms with Gasteiger partial charge in [-0.1, -0.05) is 30.3 Å². The van der Waals surface area contributed by atoms with Crippen LogP contribution in [0.15, 0.2) is 59.5 Å². The topological polar surface area (TPSA) is 96.5 Å². The molecule has 132 valence electrons. The molecule has 8 heteroatoms. The van der Waals surface area contributed by atoms with Crippen molar-refractivity contribution < 1.29 is 22.7 Å². The maximum atomic E-state index is 12.4. The van der Waals surface area contributed by atoms with Crippen molar-refractivity contribution in [3.63, 3.8) is 0 Å². The standard InChI is InChI=1S/C18H14N2O5S/c21-17-13-6-2-4-8-16(13)26(23,24)20(17)9-10-25-18(22)15-11-12-5-1-3-7-14(12)19-15/h1-8,11,19H,9-10H2. The van der Waals surface area contributed by atoms with E-state index in [0.717, 1.165) is 15.2 Å². The summed E-state index contributed by atoms with van der Waals surface area (Å²) in [6.07, 6.45) is 0. The van der Waals surface area contributed by atoms with Crippen LogP contribution in [-0.4, -0.2) is 42.7 Å². The Kier molecular flexibility index (Phi) is 3.77. The summed E-state index contributed by atoms with van der Waals surface area (Å²) in [5.41, 5.74) is 1.20. The summed E-state index contributed by atoms with van der Waals surface area (Å²) in [6, 6.07) is 15.1. The molecule has 0 aliphatic carbocycles. The molecule has 1 N–H and O–H groups in total. The summed E-state index contributed by atoms with van der Waals surface area (Å²) < 4.78 is 30.7. The molecule has 0 radical (unpaired) electrons. The fourth-order valence-corrected chi connectivity index (χ4v) is 4.49. The van der Waals surface area contributed by atoms with E-state index in [1.165, 1.54) is 12.1 Å². The van der Waals surface area contributed by atoms with Crippen molar-refractivity contribution >= 4 is 32.8 Å². The Morgan fingerprint density at radius 3 is 2.58 bits per heavy atom. The van der Waals surface area contributed by atoms with Crippen LogP contribution >= 0.6 is 0 Å². The maximum Gasteiger partial charge on any atom is 0.354 e. The first-order valence-corrected chi connectivity index (χ1v) is 9.33. The molecule has 1 aliphatic heterocycles. The van der Waals surface area contributed by atoms with Gasteiger partial charge < -0.3 is 9.72 Å². The predicted molar refractivity (Wildman–Crippen MR) is 93.2 cm³/mol. The number of hydrogen-bond acceptors (Lipinski definition) is 5. The number of ether oxygens (including phenoxy) is 1. The Morgan fingerprint density at radius 1 is 1.08 bits per heavy atom. The van der Waals surface area contributed by atoms with Crippen molar-refractivity contribution in [2.45, 2.75) is 4.90 Å². The molecule has 0 bridgehead atoms. The number of nitrogens with one attached hydrogen (secondary N) is 1. The summed E-state index contributed by atoms with van der Waals surface area (Å²) in [5, 5.41) is 0.868. The third-order valence-corrected chi connectivity index (χ3v) is 6.03. The number of benzene rings is 2. The highest BCUT2D eigenvalue weighted by Gasteiger charge is 2.40. The van der Waals surface area contributed by atoms with Gasteiger partial charge in [0.15, 0.2) is 0 Å². The highest BCUT2D eigenvalue weighted by Crippen LogP contribution is 2.29. The van der Waals surface area contributed by atoms with E-state index < -0.39 is 21.9 Å². The largest absolute Gasteiger partial charge is 0.459 e. The van der Waals surface area contributed by atoms with Gasteiger partial charge in [-0.05, 0) is 24.3 Å². The lowest BCUT2D eigenvalue weighted by Crippen LogP contribution is -2.33. The highest BCUT2D eigenvalue weighted by molar-refractivity contribution is 7.90.